The van der Waals surface area contributed by atoms with E-state index in [2.05, 4.69) is 73.0 Å². The number of aliphatic hydroxyl groups excluding tert-OH is 1. The molecule has 3 aromatic rings. The van der Waals surface area contributed by atoms with Crippen LogP contribution in [-0.4, -0.2) is 136 Å². The van der Waals surface area contributed by atoms with Crippen molar-refractivity contribution in [3.05, 3.63) is 71.5 Å². The Morgan fingerprint density at radius 2 is 1.59 bits per heavy atom. The molecule has 0 radical (unpaired) electrons. The van der Waals surface area contributed by atoms with Gasteiger partial charge in [-0.25, -0.2) is 0 Å². The van der Waals surface area contributed by atoms with Crippen LogP contribution in [0.2, 0.25) is 0 Å². The monoisotopic (exact) mass is 870 g/mol. The fourth-order valence-electron chi connectivity index (χ4n) is 8.06. The van der Waals surface area contributed by atoms with Crippen LogP contribution in [0.15, 0.2) is 54.7 Å². The number of amides is 5. The number of aliphatic hydroxyl groups is 1. The van der Waals surface area contributed by atoms with Gasteiger partial charge < -0.3 is 46.7 Å². The highest BCUT2D eigenvalue weighted by atomic mass is 16.7. The lowest BCUT2D eigenvalue weighted by molar-refractivity contribution is -0.135. The van der Waals surface area contributed by atoms with E-state index in [9.17, 15) is 29.1 Å². The fourth-order valence-corrected chi connectivity index (χ4v) is 8.06. The van der Waals surface area contributed by atoms with Gasteiger partial charge in [0.1, 0.15) is 24.2 Å². The Hall–Kier alpha value is -5.21. The quantitative estimate of drug-likeness (QED) is 0.0689. The normalized spacial score (nSPS) is 22.8. The average molecular weight is 871 g/mol. The lowest BCUT2D eigenvalue weighted by Crippen LogP contribution is -2.60. The van der Waals surface area contributed by atoms with Gasteiger partial charge in [0.05, 0.1) is 36.5 Å². The summed E-state index contributed by atoms with van der Waals surface area (Å²) in [4.78, 5) is 70.2. The number of aromatic nitrogens is 3. The number of nitrogens with two attached hydrogens (primary N) is 1. The number of hydrogen-bond acceptors (Lipinski definition) is 12. The molecule has 2 saturated heterocycles. The zero-order valence-electron chi connectivity index (χ0n) is 36.8. The number of aryl methyl sites for hydroxylation is 1. The number of nitrogens with one attached hydrogen (secondary N) is 5. The predicted molar refractivity (Wildman–Crippen MR) is 236 cm³/mol. The van der Waals surface area contributed by atoms with Gasteiger partial charge in [-0.15, -0.1) is 5.10 Å². The van der Waals surface area contributed by atoms with Gasteiger partial charge in [-0.2, -0.15) is 0 Å². The zero-order chi connectivity index (χ0) is 45.0. The van der Waals surface area contributed by atoms with Crippen LogP contribution in [0.5, 0.6) is 0 Å². The number of benzene rings is 2. The Morgan fingerprint density at radius 1 is 0.905 bits per heavy atom. The third-order valence-corrected chi connectivity index (χ3v) is 11.9. The third kappa shape index (κ3) is 12.9. The van der Waals surface area contributed by atoms with E-state index in [1.165, 1.54) is 38.7 Å². The second kappa shape index (κ2) is 22.4. The molecule has 2 fully saturated rings. The van der Waals surface area contributed by atoms with E-state index in [4.69, 9.17) is 15.0 Å². The van der Waals surface area contributed by atoms with Gasteiger partial charge in [0.15, 0.2) is 0 Å². The van der Waals surface area contributed by atoms with Crippen molar-refractivity contribution in [1.82, 2.24) is 46.5 Å². The smallest absolute Gasteiger partial charge is 0.403 e. The molecule has 0 aliphatic carbocycles. The van der Waals surface area contributed by atoms with E-state index in [-0.39, 0.29) is 31.6 Å². The molecule has 4 aliphatic rings. The summed E-state index contributed by atoms with van der Waals surface area (Å²) in [6.45, 7) is 9.61. The van der Waals surface area contributed by atoms with Gasteiger partial charge >= 0.3 is 7.12 Å². The van der Waals surface area contributed by atoms with Crippen LogP contribution in [0.1, 0.15) is 87.8 Å². The van der Waals surface area contributed by atoms with Crippen LogP contribution in [-0.2, 0) is 47.9 Å². The maximum absolute atomic E-state index is 13.7. The summed E-state index contributed by atoms with van der Waals surface area (Å²) in [6, 6.07) is 10.6. The van der Waals surface area contributed by atoms with E-state index in [1.54, 1.807) is 29.9 Å². The SMILES string of the molecule is CCCCCCc1ccc(-c2ccc(C(=O)N[C@@H](CCCN)C(=O)N[C@H](C(=O)N[C@@H](C)C(=O)N[C@H]3Cc4cn(nn4)CCN4C[C@@H]5OB(O[C@@H]5C4)[C@H](C)NC3=O)[C@@H](C)O)cc2)cc1. The average Bonchev–Trinajstić information content (AvgIpc) is 4.00. The Morgan fingerprint density at radius 3 is 2.24 bits per heavy atom. The largest absolute Gasteiger partial charge is 0.481 e. The minimum Gasteiger partial charge on any atom is -0.403 e. The summed E-state index contributed by atoms with van der Waals surface area (Å²) in [6.07, 6.45) is 6.51. The van der Waals surface area contributed by atoms with Crippen LogP contribution < -0.4 is 32.3 Å². The lowest BCUT2D eigenvalue weighted by atomic mass is 9.79. The molecule has 8 N–H and O–H groups in total. The van der Waals surface area contributed by atoms with Crippen LogP contribution in [0.3, 0.4) is 0 Å². The summed E-state index contributed by atoms with van der Waals surface area (Å²) in [7, 11) is -0.661. The molecule has 0 saturated carbocycles. The Kier molecular flexibility index (Phi) is 16.8. The molecule has 18 nitrogen and oxygen atoms in total. The summed E-state index contributed by atoms with van der Waals surface area (Å²) in [5.41, 5.74) is 9.82. The fraction of sp³-hybridized carbons (Fsp3) is 0.568. The third-order valence-electron chi connectivity index (χ3n) is 11.9. The van der Waals surface area contributed by atoms with Crippen molar-refractivity contribution in [2.45, 2.75) is 134 Å². The molecule has 7 rings (SSSR count). The van der Waals surface area contributed by atoms with Crippen molar-refractivity contribution >= 4 is 36.7 Å². The molecule has 1 unspecified atom stereocenters. The summed E-state index contributed by atoms with van der Waals surface area (Å²) in [5, 5.41) is 32.5. The van der Waals surface area contributed by atoms with Gasteiger partial charge in [0.2, 0.25) is 23.6 Å². The van der Waals surface area contributed by atoms with Crippen LogP contribution in [0.25, 0.3) is 11.1 Å². The van der Waals surface area contributed by atoms with E-state index in [1.807, 2.05) is 12.1 Å². The molecule has 4 aliphatic heterocycles. The van der Waals surface area contributed by atoms with E-state index < -0.39 is 72.9 Å². The van der Waals surface area contributed by atoms with Gasteiger partial charge in [0, 0.05) is 37.8 Å². The molecule has 5 heterocycles. The Balaban J connectivity index is 1.05. The van der Waals surface area contributed by atoms with Crippen molar-refractivity contribution in [2.75, 3.05) is 26.2 Å². The van der Waals surface area contributed by atoms with Crippen molar-refractivity contribution < 1.29 is 38.4 Å². The predicted octanol–water partition coefficient (Wildman–Crippen LogP) is 0.648. The van der Waals surface area contributed by atoms with Crippen molar-refractivity contribution in [3.8, 4) is 11.1 Å². The number of rotatable bonds is 18. The molecule has 63 heavy (non-hydrogen) atoms. The topological polar surface area (TPSA) is 244 Å². The van der Waals surface area contributed by atoms with E-state index >= 15 is 0 Å². The highest BCUT2D eigenvalue weighted by molar-refractivity contribution is 6.47. The molecule has 5 amide bonds. The molecular weight excluding hydrogens is 807 g/mol. The molecule has 340 valence electrons. The number of fused-ring (bicyclic) bond motifs is 5. The molecule has 0 spiro atoms. The van der Waals surface area contributed by atoms with Gasteiger partial charge in [-0.3, -0.25) is 33.6 Å². The summed E-state index contributed by atoms with van der Waals surface area (Å²) < 4.78 is 13.9. The zero-order valence-corrected chi connectivity index (χ0v) is 36.8. The van der Waals surface area contributed by atoms with Crippen molar-refractivity contribution in [2.24, 2.45) is 5.73 Å². The molecule has 9 atom stereocenters. The number of carbonyl (C=O) groups is 5. The van der Waals surface area contributed by atoms with E-state index in [0.29, 0.717) is 43.9 Å². The highest BCUT2D eigenvalue weighted by Gasteiger charge is 2.48. The first-order chi connectivity index (χ1) is 30.3. The Labute approximate surface area is 369 Å². The first kappa shape index (κ1) is 47.3. The molecule has 1 aromatic heterocycles. The standard InChI is InChI=1S/C44H63BN10O8/c1-5-6-7-8-10-30-12-14-31(15-13-30)32-16-18-33(19-17-32)41(58)49-35(11-9-20-46)42(59)51-39(28(3)56)44(61)47-27(2)40(57)50-36-23-34-24-55(53-52-34)22-21-54-25-37-38(26-54)63-45(62-37)29(4)48-43(36)60/h12-19,24,27-29,35-39,56H,5-11,20-23,25-26,46H2,1-4H3,(H,47,61)(H,48,60)(H,49,58)(H,50,57)(H,51,59)/t27-,28+,29-,35-,36-,37-,38+,39-/m0/s1. The maximum Gasteiger partial charge on any atom is 0.481 e. The van der Waals surface area contributed by atoms with Gasteiger partial charge in [-0.1, -0.05) is 67.8 Å². The van der Waals surface area contributed by atoms with Crippen LogP contribution in [0, 0.1) is 0 Å². The number of hydrogen-bond donors (Lipinski definition) is 7. The molecule has 6 bridgehead atoms. The van der Waals surface area contributed by atoms with Crippen molar-refractivity contribution in [1.29, 1.82) is 0 Å². The number of carbonyl (C=O) groups excluding carboxylic acids is 5. The second-order valence-corrected chi connectivity index (χ2v) is 17.0. The first-order valence-corrected chi connectivity index (χ1v) is 22.3. The minimum atomic E-state index is -1.50. The minimum absolute atomic E-state index is 0.00576. The molecular formula is C44H63BN10O8. The van der Waals surface area contributed by atoms with Crippen molar-refractivity contribution in [3.63, 3.8) is 0 Å². The highest BCUT2D eigenvalue weighted by Crippen LogP contribution is 2.26. The van der Waals surface area contributed by atoms with E-state index in [0.717, 1.165) is 24.0 Å². The van der Waals surface area contributed by atoms with Gasteiger partial charge in [-0.05, 0) is 81.8 Å². The van der Waals surface area contributed by atoms with Gasteiger partial charge in [0.25, 0.3) is 5.91 Å². The lowest BCUT2D eigenvalue weighted by Gasteiger charge is -2.27. The Bertz CT molecular complexity index is 2000. The maximum atomic E-state index is 13.7. The number of unbranched alkanes of at least 4 members (excludes halogenated alkanes) is 3. The second-order valence-electron chi connectivity index (χ2n) is 17.0. The van der Waals surface area contributed by atoms with Crippen LogP contribution in [0.4, 0.5) is 0 Å². The molecule has 19 heteroatoms. The summed E-state index contributed by atoms with van der Waals surface area (Å²) >= 11 is 0. The van der Waals surface area contributed by atoms with Crippen LogP contribution >= 0.6 is 0 Å². The molecule has 2 aromatic carbocycles. The first-order valence-electron chi connectivity index (χ1n) is 22.3. The number of nitrogens with zero attached hydrogens (tertiary/aromatic N) is 4. The summed E-state index contributed by atoms with van der Waals surface area (Å²) in [5.74, 6) is -3.83.